The van der Waals surface area contributed by atoms with Crippen molar-refractivity contribution in [1.82, 2.24) is 0 Å². The van der Waals surface area contributed by atoms with Crippen LogP contribution in [-0.4, -0.2) is 37.2 Å². The third-order valence-corrected chi connectivity index (χ3v) is 4.97. The van der Waals surface area contributed by atoms with E-state index in [1.165, 1.54) is 7.11 Å². The van der Waals surface area contributed by atoms with Gasteiger partial charge in [0.1, 0.15) is 11.2 Å². The second kappa shape index (κ2) is 6.64. The van der Waals surface area contributed by atoms with E-state index in [1.54, 1.807) is 13.8 Å². The number of esters is 2. The highest BCUT2D eigenvalue weighted by Crippen LogP contribution is 2.52. The van der Waals surface area contributed by atoms with Gasteiger partial charge in [-0.15, -0.1) is 0 Å². The van der Waals surface area contributed by atoms with Crippen LogP contribution in [0, 0.1) is 17.3 Å². The van der Waals surface area contributed by atoms with Crippen LogP contribution in [0.25, 0.3) is 0 Å². The highest BCUT2D eigenvalue weighted by molar-refractivity contribution is 6.12. The van der Waals surface area contributed by atoms with Crippen molar-refractivity contribution in [3.8, 4) is 0 Å². The molecule has 3 atom stereocenters. The van der Waals surface area contributed by atoms with Crippen molar-refractivity contribution in [2.45, 2.75) is 39.5 Å². The first kappa shape index (κ1) is 17.4. The van der Waals surface area contributed by atoms with E-state index in [9.17, 15) is 19.2 Å². The van der Waals surface area contributed by atoms with Crippen molar-refractivity contribution >= 4 is 23.5 Å². The summed E-state index contributed by atoms with van der Waals surface area (Å²) in [6, 6.07) is 0. The van der Waals surface area contributed by atoms with Gasteiger partial charge >= 0.3 is 11.9 Å². The number of ketones is 2. The number of allylic oxidation sites excluding steroid dienone is 2. The first-order valence-electron chi connectivity index (χ1n) is 7.86. The molecule has 6 nitrogen and oxygen atoms in total. The van der Waals surface area contributed by atoms with Gasteiger partial charge in [0.05, 0.1) is 20.1 Å². The van der Waals surface area contributed by atoms with E-state index in [4.69, 9.17) is 9.47 Å². The second-order valence-corrected chi connectivity index (χ2v) is 6.05. The van der Waals surface area contributed by atoms with Crippen molar-refractivity contribution in [2.75, 3.05) is 13.7 Å². The summed E-state index contributed by atoms with van der Waals surface area (Å²) in [5, 5.41) is 0. The Bertz CT molecular complexity index is 566. The van der Waals surface area contributed by atoms with Gasteiger partial charge in [0, 0.05) is 24.7 Å². The van der Waals surface area contributed by atoms with Crippen LogP contribution < -0.4 is 0 Å². The lowest BCUT2D eigenvalue weighted by molar-refractivity contribution is -0.174. The van der Waals surface area contributed by atoms with E-state index in [0.717, 1.165) is 5.57 Å². The minimum Gasteiger partial charge on any atom is -0.468 e. The fraction of sp³-hybridized carbons (Fsp3) is 0.647. The number of hydrogen-bond acceptors (Lipinski definition) is 6. The summed E-state index contributed by atoms with van der Waals surface area (Å²) in [5.74, 6) is -3.07. The number of ether oxygens (including phenoxy) is 2. The Labute approximate surface area is 135 Å². The van der Waals surface area contributed by atoms with Crippen LogP contribution in [0.4, 0.5) is 0 Å². The third-order valence-electron chi connectivity index (χ3n) is 4.97. The summed E-state index contributed by atoms with van der Waals surface area (Å²) < 4.78 is 9.88. The number of fused-ring (bicyclic) bond motifs is 1. The normalized spacial score (nSPS) is 30.3. The summed E-state index contributed by atoms with van der Waals surface area (Å²) in [5.41, 5.74) is -0.835. The zero-order valence-corrected chi connectivity index (χ0v) is 13.7. The molecule has 2 rings (SSSR count). The van der Waals surface area contributed by atoms with E-state index in [0.29, 0.717) is 6.42 Å². The van der Waals surface area contributed by atoms with Gasteiger partial charge in [-0.1, -0.05) is 11.6 Å². The Morgan fingerprint density at radius 2 is 2.00 bits per heavy atom. The fourth-order valence-corrected chi connectivity index (χ4v) is 3.90. The van der Waals surface area contributed by atoms with Crippen LogP contribution >= 0.6 is 0 Å². The van der Waals surface area contributed by atoms with Gasteiger partial charge in [-0.2, -0.15) is 0 Å². The molecule has 0 aromatic rings. The quantitative estimate of drug-likeness (QED) is 0.444. The molecule has 0 spiro atoms. The number of Topliss-reactive ketones (excluding diaryl/α,β-unsaturated/α-hetero) is 2. The maximum Gasteiger partial charge on any atom is 0.320 e. The summed E-state index contributed by atoms with van der Waals surface area (Å²) >= 11 is 0. The van der Waals surface area contributed by atoms with E-state index in [-0.39, 0.29) is 37.4 Å². The molecular formula is C17H22O6. The molecule has 1 saturated carbocycles. The van der Waals surface area contributed by atoms with E-state index in [1.807, 2.05) is 6.08 Å². The van der Waals surface area contributed by atoms with E-state index in [2.05, 4.69) is 0 Å². The molecule has 126 valence electrons. The molecule has 0 aromatic carbocycles. The molecule has 0 amide bonds. The Kier molecular flexibility index (Phi) is 5.02. The van der Waals surface area contributed by atoms with Gasteiger partial charge in [0.25, 0.3) is 0 Å². The summed E-state index contributed by atoms with van der Waals surface area (Å²) in [6.45, 7) is 3.68. The van der Waals surface area contributed by atoms with E-state index < -0.39 is 29.2 Å². The molecule has 0 unspecified atom stereocenters. The van der Waals surface area contributed by atoms with Gasteiger partial charge in [-0.05, 0) is 20.3 Å². The highest BCUT2D eigenvalue weighted by atomic mass is 16.5. The van der Waals surface area contributed by atoms with Crippen LogP contribution in [0.15, 0.2) is 11.6 Å². The molecule has 0 aliphatic heterocycles. The third kappa shape index (κ3) is 2.71. The zero-order valence-electron chi connectivity index (χ0n) is 13.7. The van der Waals surface area contributed by atoms with Crippen molar-refractivity contribution in [3.05, 3.63) is 11.6 Å². The molecule has 2 aliphatic carbocycles. The molecule has 0 N–H and O–H groups in total. The Hall–Kier alpha value is -1.98. The SMILES string of the molecule is CCOC(=O)C[C@H]1C(C)=CC[C@H]2C(=O)CCC(=O)[C@]21C(=O)OC. The first-order valence-corrected chi connectivity index (χ1v) is 7.86. The standard InChI is InChI=1S/C17H22O6/c1-4-23-15(20)9-12-10(2)5-6-11-13(18)7-8-14(19)17(11,12)16(21)22-3/h5,11-12H,4,6-9H2,1-3H3/t11-,12-,17-/m0/s1. The summed E-state index contributed by atoms with van der Waals surface area (Å²) in [4.78, 5) is 49.7. The lowest BCUT2D eigenvalue weighted by Crippen LogP contribution is -2.58. The Morgan fingerprint density at radius 3 is 2.61 bits per heavy atom. The minimum atomic E-state index is -1.59. The van der Waals surface area contributed by atoms with Crippen LogP contribution in [0.5, 0.6) is 0 Å². The lowest BCUT2D eigenvalue weighted by Gasteiger charge is -2.46. The Morgan fingerprint density at radius 1 is 1.30 bits per heavy atom. The van der Waals surface area contributed by atoms with E-state index >= 15 is 0 Å². The molecule has 6 heteroatoms. The van der Waals surface area contributed by atoms with Gasteiger partial charge in [-0.25, -0.2) is 0 Å². The van der Waals surface area contributed by atoms with Gasteiger partial charge < -0.3 is 9.47 Å². The zero-order chi connectivity index (χ0) is 17.2. The molecule has 0 radical (unpaired) electrons. The number of carbonyl (C=O) groups excluding carboxylic acids is 4. The van der Waals surface area contributed by atoms with Gasteiger partial charge in [0.2, 0.25) is 0 Å². The molecule has 0 bridgehead atoms. The highest BCUT2D eigenvalue weighted by Gasteiger charge is 2.63. The number of methoxy groups -OCH3 is 1. The average molecular weight is 322 g/mol. The largest absolute Gasteiger partial charge is 0.468 e. The second-order valence-electron chi connectivity index (χ2n) is 6.05. The number of hydrogen-bond donors (Lipinski definition) is 0. The van der Waals surface area contributed by atoms with Gasteiger partial charge in [0.15, 0.2) is 5.78 Å². The maximum atomic E-state index is 12.8. The van der Waals surface area contributed by atoms with Gasteiger partial charge in [-0.3, -0.25) is 19.2 Å². The van der Waals surface area contributed by atoms with Crippen molar-refractivity contribution in [2.24, 2.45) is 17.3 Å². The molecule has 23 heavy (non-hydrogen) atoms. The molecule has 0 heterocycles. The Balaban J connectivity index is 2.54. The van der Waals surface area contributed by atoms with Crippen LogP contribution in [-0.2, 0) is 28.7 Å². The summed E-state index contributed by atoms with van der Waals surface area (Å²) in [6.07, 6.45) is 2.20. The number of rotatable bonds is 4. The molecule has 0 saturated heterocycles. The predicted molar refractivity (Wildman–Crippen MR) is 80.3 cm³/mol. The molecule has 2 aliphatic rings. The summed E-state index contributed by atoms with van der Waals surface area (Å²) in [7, 11) is 1.20. The molecular weight excluding hydrogens is 300 g/mol. The van der Waals surface area contributed by atoms with Crippen LogP contribution in [0.3, 0.4) is 0 Å². The van der Waals surface area contributed by atoms with Crippen LogP contribution in [0.1, 0.15) is 39.5 Å². The first-order chi connectivity index (χ1) is 10.9. The monoisotopic (exact) mass is 322 g/mol. The maximum absolute atomic E-state index is 12.8. The predicted octanol–water partition coefficient (Wildman–Crippen LogP) is 1.61. The topological polar surface area (TPSA) is 86.7 Å². The smallest absolute Gasteiger partial charge is 0.320 e. The van der Waals surface area contributed by atoms with Crippen molar-refractivity contribution < 1.29 is 28.7 Å². The minimum absolute atomic E-state index is 0.0110. The van der Waals surface area contributed by atoms with Crippen molar-refractivity contribution in [3.63, 3.8) is 0 Å². The van der Waals surface area contributed by atoms with Crippen LogP contribution in [0.2, 0.25) is 0 Å². The average Bonchev–Trinajstić information content (AvgIpc) is 2.52. The lowest BCUT2D eigenvalue weighted by atomic mass is 9.53. The van der Waals surface area contributed by atoms with Crippen molar-refractivity contribution in [1.29, 1.82) is 0 Å². The molecule has 0 aromatic heterocycles. The number of carbonyl (C=O) groups is 4. The molecule has 1 fully saturated rings. The fourth-order valence-electron chi connectivity index (χ4n) is 3.90.